The van der Waals surface area contributed by atoms with E-state index in [1.807, 2.05) is 26.0 Å². The van der Waals surface area contributed by atoms with E-state index in [-0.39, 0.29) is 10.6 Å². The number of halogens is 4. The van der Waals surface area contributed by atoms with Crippen LogP contribution in [-0.4, -0.2) is 0 Å². The highest BCUT2D eigenvalue weighted by atomic mass is 79.9. The quantitative estimate of drug-likeness (QED) is 0.461. The third-order valence-electron chi connectivity index (χ3n) is 3.04. The van der Waals surface area contributed by atoms with E-state index >= 15 is 0 Å². The molecule has 2 rings (SSSR count). The predicted octanol–water partition coefficient (Wildman–Crippen LogP) is 6.45. The number of benzene rings is 2. The molecule has 0 aromatic heterocycles. The van der Waals surface area contributed by atoms with Crippen molar-refractivity contribution in [1.82, 2.24) is 0 Å². The second-order valence-electron chi connectivity index (χ2n) is 4.48. The molecule has 0 bridgehead atoms. The summed E-state index contributed by atoms with van der Waals surface area (Å²) >= 11 is 10.8. The van der Waals surface area contributed by atoms with E-state index in [1.165, 1.54) is 0 Å². The Kier molecular flexibility index (Phi) is 4.85. The van der Waals surface area contributed by atoms with E-state index in [0.29, 0.717) is 0 Å². The standard InChI is InChI=1S/C15H12Br3F/c1-8-5-11(19)6-9(2)14(8)15(18)12-7-10(16)3-4-13(12)17/h3-7,15H,1-2H3. The van der Waals surface area contributed by atoms with Gasteiger partial charge in [0.1, 0.15) is 5.82 Å². The van der Waals surface area contributed by atoms with Gasteiger partial charge in [-0.25, -0.2) is 4.39 Å². The van der Waals surface area contributed by atoms with E-state index in [2.05, 4.69) is 53.9 Å². The summed E-state index contributed by atoms with van der Waals surface area (Å²) in [7, 11) is 0. The topological polar surface area (TPSA) is 0 Å². The predicted molar refractivity (Wildman–Crippen MR) is 88.5 cm³/mol. The normalized spacial score (nSPS) is 12.5. The molecule has 4 heteroatoms. The Morgan fingerprint density at radius 1 is 1.00 bits per heavy atom. The molecule has 0 radical (unpaired) electrons. The van der Waals surface area contributed by atoms with Crippen molar-refractivity contribution in [1.29, 1.82) is 0 Å². The average Bonchev–Trinajstić information content (AvgIpc) is 2.30. The zero-order valence-electron chi connectivity index (χ0n) is 10.5. The minimum absolute atomic E-state index is 0.0278. The molecule has 0 nitrogen and oxygen atoms in total. The van der Waals surface area contributed by atoms with Crippen LogP contribution in [0, 0.1) is 19.7 Å². The summed E-state index contributed by atoms with van der Waals surface area (Å²) in [4.78, 5) is 0.0278. The molecule has 0 spiro atoms. The van der Waals surface area contributed by atoms with Gasteiger partial charge in [0.25, 0.3) is 0 Å². The molecule has 19 heavy (non-hydrogen) atoms. The van der Waals surface area contributed by atoms with Gasteiger partial charge in [0.15, 0.2) is 0 Å². The summed E-state index contributed by atoms with van der Waals surface area (Å²) in [6.45, 7) is 3.87. The molecule has 0 amide bonds. The lowest BCUT2D eigenvalue weighted by Gasteiger charge is -2.18. The highest BCUT2D eigenvalue weighted by Crippen LogP contribution is 2.39. The first-order valence-electron chi connectivity index (χ1n) is 5.76. The maximum absolute atomic E-state index is 13.4. The van der Waals surface area contributed by atoms with Gasteiger partial charge in [-0.3, -0.25) is 0 Å². The minimum Gasteiger partial charge on any atom is -0.207 e. The molecule has 1 atom stereocenters. The van der Waals surface area contributed by atoms with Gasteiger partial charge in [-0.2, -0.15) is 0 Å². The van der Waals surface area contributed by atoms with Crippen LogP contribution >= 0.6 is 47.8 Å². The maximum Gasteiger partial charge on any atom is 0.123 e. The Hall–Kier alpha value is -0.190. The third-order valence-corrected chi connectivity index (χ3v) is 5.21. The zero-order chi connectivity index (χ0) is 14.2. The highest BCUT2D eigenvalue weighted by Gasteiger charge is 2.18. The van der Waals surface area contributed by atoms with Crippen molar-refractivity contribution in [2.75, 3.05) is 0 Å². The van der Waals surface area contributed by atoms with Gasteiger partial charge in [0, 0.05) is 8.95 Å². The van der Waals surface area contributed by atoms with E-state index in [1.54, 1.807) is 12.1 Å². The summed E-state index contributed by atoms with van der Waals surface area (Å²) < 4.78 is 15.4. The molecule has 0 aliphatic rings. The van der Waals surface area contributed by atoms with Crippen molar-refractivity contribution in [2.24, 2.45) is 0 Å². The van der Waals surface area contributed by atoms with Crippen LogP contribution in [0.25, 0.3) is 0 Å². The smallest absolute Gasteiger partial charge is 0.123 e. The van der Waals surface area contributed by atoms with E-state index < -0.39 is 0 Å². The Labute approximate surface area is 137 Å². The molecule has 0 saturated carbocycles. The van der Waals surface area contributed by atoms with E-state index in [4.69, 9.17) is 0 Å². The second-order valence-corrected chi connectivity index (χ2v) is 7.17. The Bertz CT molecular complexity index is 600. The fourth-order valence-corrected chi connectivity index (χ4v) is 4.45. The zero-order valence-corrected chi connectivity index (χ0v) is 15.2. The van der Waals surface area contributed by atoms with Gasteiger partial charge in [-0.05, 0) is 66.4 Å². The van der Waals surface area contributed by atoms with Gasteiger partial charge in [0.05, 0.1) is 4.83 Å². The first-order chi connectivity index (χ1) is 8.90. The SMILES string of the molecule is Cc1cc(F)cc(C)c1C(Br)c1cc(Br)ccc1Br. The molecule has 1 unspecified atom stereocenters. The molecule has 2 aromatic carbocycles. The molecule has 0 heterocycles. The molecule has 0 aliphatic carbocycles. The first kappa shape index (κ1) is 15.2. The minimum atomic E-state index is -0.188. The summed E-state index contributed by atoms with van der Waals surface area (Å²) in [5, 5.41) is 0. The summed E-state index contributed by atoms with van der Waals surface area (Å²) in [5.74, 6) is -0.188. The molecule has 0 N–H and O–H groups in total. The molecule has 0 saturated heterocycles. The number of aryl methyl sites for hydroxylation is 2. The van der Waals surface area contributed by atoms with Crippen molar-refractivity contribution in [2.45, 2.75) is 18.7 Å². The lowest BCUT2D eigenvalue weighted by atomic mass is 9.96. The van der Waals surface area contributed by atoms with Crippen LogP contribution in [0.3, 0.4) is 0 Å². The summed E-state index contributed by atoms with van der Waals surface area (Å²) in [6.07, 6.45) is 0. The lowest BCUT2D eigenvalue weighted by Crippen LogP contribution is -2.01. The van der Waals surface area contributed by atoms with Crippen LogP contribution < -0.4 is 0 Å². The first-order valence-corrected chi connectivity index (χ1v) is 8.26. The van der Waals surface area contributed by atoms with Crippen LogP contribution in [0.15, 0.2) is 39.3 Å². The van der Waals surface area contributed by atoms with Gasteiger partial charge < -0.3 is 0 Å². The van der Waals surface area contributed by atoms with Crippen molar-refractivity contribution >= 4 is 47.8 Å². The summed E-state index contributed by atoms with van der Waals surface area (Å²) in [6, 6.07) is 9.19. The van der Waals surface area contributed by atoms with Crippen molar-refractivity contribution < 1.29 is 4.39 Å². The largest absolute Gasteiger partial charge is 0.207 e. The van der Waals surface area contributed by atoms with Crippen LogP contribution in [0.2, 0.25) is 0 Å². The van der Waals surface area contributed by atoms with Gasteiger partial charge in [-0.1, -0.05) is 47.8 Å². The van der Waals surface area contributed by atoms with E-state index in [0.717, 1.165) is 31.2 Å². The second kappa shape index (κ2) is 6.06. The number of rotatable bonds is 2. The Morgan fingerprint density at radius 2 is 1.58 bits per heavy atom. The average molecular weight is 451 g/mol. The van der Waals surface area contributed by atoms with Gasteiger partial charge in [-0.15, -0.1) is 0 Å². The summed E-state index contributed by atoms with van der Waals surface area (Å²) in [5.41, 5.74) is 4.13. The van der Waals surface area contributed by atoms with Crippen LogP contribution in [-0.2, 0) is 0 Å². The van der Waals surface area contributed by atoms with Crippen molar-refractivity contribution in [3.05, 3.63) is 67.3 Å². The third kappa shape index (κ3) is 3.29. The van der Waals surface area contributed by atoms with E-state index in [9.17, 15) is 4.39 Å². The number of hydrogen-bond acceptors (Lipinski definition) is 0. The van der Waals surface area contributed by atoms with Crippen LogP contribution in [0.1, 0.15) is 27.1 Å². The van der Waals surface area contributed by atoms with Crippen LogP contribution in [0.5, 0.6) is 0 Å². The number of hydrogen-bond donors (Lipinski definition) is 0. The highest BCUT2D eigenvalue weighted by molar-refractivity contribution is 9.11. The molecule has 0 fully saturated rings. The van der Waals surface area contributed by atoms with Gasteiger partial charge >= 0.3 is 0 Å². The van der Waals surface area contributed by atoms with Crippen LogP contribution in [0.4, 0.5) is 4.39 Å². The molecular weight excluding hydrogens is 439 g/mol. The molecular formula is C15H12Br3F. The Balaban J connectivity index is 2.56. The molecule has 0 aliphatic heterocycles. The fraction of sp³-hybridized carbons (Fsp3) is 0.200. The monoisotopic (exact) mass is 448 g/mol. The Morgan fingerprint density at radius 3 is 2.16 bits per heavy atom. The lowest BCUT2D eigenvalue weighted by molar-refractivity contribution is 0.624. The number of alkyl halides is 1. The van der Waals surface area contributed by atoms with Gasteiger partial charge in [0.2, 0.25) is 0 Å². The fourth-order valence-electron chi connectivity index (χ4n) is 2.19. The molecule has 100 valence electrons. The molecule has 2 aromatic rings. The van der Waals surface area contributed by atoms with Crippen molar-refractivity contribution in [3.8, 4) is 0 Å². The van der Waals surface area contributed by atoms with Crippen molar-refractivity contribution in [3.63, 3.8) is 0 Å². The maximum atomic E-state index is 13.4.